The number of ketones is 1. The van der Waals surface area contributed by atoms with Crippen LogP contribution in [0.3, 0.4) is 0 Å². The van der Waals surface area contributed by atoms with Crippen molar-refractivity contribution in [2.75, 3.05) is 43.7 Å². The summed E-state index contributed by atoms with van der Waals surface area (Å²) in [6.07, 6.45) is 21.1. The summed E-state index contributed by atoms with van der Waals surface area (Å²) in [4.78, 5) is 206. The first kappa shape index (κ1) is 109. The number of rotatable bonds is 70. The summed E-state index contributed by atoms with van der Waals surface area (Å²) in [6, 6.07) is -10.5. The van der Waals surface area contributed by atoms with E-state index in [1.165, 1.54) is 112 Å². The maximum Gasteiger partial charge on any atom is 0.305 e. The standard InChI is InChI=1S/C84H145N15O19S2/c1-12-15-18-19-20-21-22-23-24-25-26-27-28-31-33-54(6)74(108)90-64(43-46-119-10)75(109)88-51-71(105)89-68(49-58-37-39-59(103)40-38-58)82(116)94-63(41-42-70(86)104)79(113)92-60(34-29-16-13-2)76(110)91-61(35-30-17-14-3)77(111)97-67(48-53(4)5)81(115)93-62(36-32-45-87-57(9)85)78(112)98-69(52-100)83(117)95-65(44-47-120-11)80(114)99-73(56(8)102)84(118)96-66(55(7)101)50-72(106)107/h37-40,53-54,56,60-69,73,87,100,102-103H,9,12-36,41-52,85H2,1-8,10-11H3,(H2,86,104)(H,88,109)(H,89,105)(H,90,108)(H,91,110)(H,92,113)(H,93,115)(H,94,116)(H,95,117)(H,96,118)(H,97,111)(H,98,112)(H,99,114)(H,106,107)/t54?,56-,60+,61+,62+,63+,64+,65+,66+,67+,68+,69+,73+/m1/s1. The number of amides is 13. The number of aliphatic hydroxyl groups is 2. The minimum absolute atomic E-state index is 0.00788. The first-order valence-electron chi connectivity index (χ1n) is 42.9. The van der Waals surface area contributed by atoms with Gasteiger partial charge in [0.25, 0.3) is 0 Å². The zero-order valence-electron chi connectivity index (χ0n) is 72.6. The number of aromatic hydroxyl groups is 1. The minimum Gasteiger partial charge on any atom is -0.508 e. The maximum absolute atomic E-state index is 14.8. The highest BCUT2D eigenvalue weighted by molar-refractivity contribution is 7.98. The fraction of sp³-hybridized carbons (Fsp3) is 0.726. The number of carboxylic acids is 1. The van der Waals surface area contributed by atoms with Gasteiger partial charge in [-0.05, 0) is 119 Å². The summed E-state index contributed by atoms with van der Waals surface area (Å²) >= 11 is 2.74. The number of Topliss-reactive ketones (excluding diaryl/α,β-unsaturated/α-hetero) is 1. The second kappa shape index (κ2) is 64.1. The molecule has 0 saturated carbocycles. The summed E-state index contributed by atoms with van der Waals surface area (Å²) in [5.74, 6) is -13.3. The van der Waals surface area contributed by atoms with Crippen molar-refractivity contribution in [1.82, 2.24) is 69.1 Å². The molecule has 0 heterocycles. The molecule has 1 rings (SSSR count). The van der Waals surface area contributed by atoms with Crippen molar-refractivity contribution < 1.29 is 92.3 Å². The Bertz CT molecular complexity index is 3320. The first-order chi connectivity index (χ1) is 57.1. The van der Waals surface area contributed by atoms with E-state index in [-0.39, 0.29) is 93.0 Å². The van der Waals surface area contributed by atoms with Crippen molar-refractivity contribution >= 4 is 112 Å². The Morgan fingerprint density at radius 1 is 0.425 bits per heavy atom. The molecular weight excluding hydrogens is 1590 g/mol. The molecule has 0 fully saturated rings. The van der Waals surface area contributed by atoms with Gasteiger partial charge in [0, 0.05) is 25.3 Å². The number of carbonyl (C=O) groups excluding carboxylic acids is 14. The van der Waals surface area contributed by atoms with Crippen LogP contribution in [-0.4, -0.2) is 225 Å². The van der Waals surface area contributed by atoms with E-state index in [1.807, 2.05) is 27.0 Å². The van der Waals surface area contributed by atoms with E-state index in [4.69, 9.17) is 11.5 Å². The second-order valence-electron chi connectivity index (χ2n) is 31.4. The van der Waals surface area contributed by atoms with Crippen LogP contribution < -0.4 is 80.6 Å². The molecule has 34 nitrogen and oxygen atoms in total. The molecule has 0 spiro atoms. The number of thioether (sulfide) groups is 2. The molecule has 1 aromatic carbocycles. The number of unbranched alkanes of at least 4 members (excludes halogenated alkanes) is 17. The number of phenols is 1. The molecule has 0 aliphatic heterocycles. The van der Waals surface area contributed by atoms with E-state index < -0.39 is 188 Å². The van der Waals surface area contributed by atoms with Gasteiger partial charge in [-0.25, -0.2) is 0 Å². The van der Waals surface area contributed by atoms with E-state index in [0.717, 1.165) is 39.5 Å². The second-order valence-corrected chi connectivity index (χ2v) is 33.4. The molecular formula is C84H145N15O19S2. The molecule has 13 atom stereocenters. The first-order valence-corrected chi connectivity index (χ1v) is 45.7. The van der Waals surface area contributed by atoms with Crippen LogP contribution in [0.15, 0.2) is 36.7 Å². The normalized spacial score (nSPS) is 14.4. The molecule has 1 aromatic rings. The number of hydrogen-bond acceptors (Lipinski definition) is 22. The van der Waals surface area contributed by atoms with Crippen LogP contribution in [0.2, 0.25) is 0 Å². The van der Waals surface area contributed by atoms with E-state index in [2.05, 4.69) is 82.6 Å². The molecule has 0 aromatic heterocycles. The molecule has 120 heavy (non-hydrogen) atoms. The average molecular weight is 1730 g/mol. The van der Waals surface area contributed by atoms with Crippen LogP contribution in [0, 0.1) is 11.8 Å². The van der Waals surface area contributed by atoms with Crippen molar-refractivity contribution in [3.05, 3.63) is 42.2 Å². The van der Waals surface area contributed by atoms with E-state index in [1.54, 1.807) is 20.1 Å². The van der Waals surface area contributed by atoms with Crippen molar-refractivity contribution in [3.8, 4) is 5.75 Å². The quantitative estimate of drug-likeness (QED) is 0.0408. The van der Waals surface area contributed by atoms with Gasteiger partial charge in [-0.1, -0.05) is 189 Å². The third-order valence-electron chi connectivity index (χ3n) is 20.2. The molecule has 0 aliphatic rings. The lowest BCUT2D eigenvalue weighted by atomic mass is 10.00. The molecule has 36 heteroatoms. The lowest BCUT2D eigenvalue weighted by Crippen LogP contribution is -2.62. The fourth-order valence-corrected chi connectivity index (χ4v) is 14.0. The lowest BCUT2D eigenvalue weighted by molar-refractivity contribution is -0.141. The summed E-state index contributed by atoms with van der Waals surface area (Å²) in [7, 11) is 0. The zero-order chi connectivity index (χ0) is 90.1. The van der Waals surface area contributed by atoms with Crippen LogP contribution >= 0.6 is 23.5 Å². The SMILES string of the molecule is C=C(N)NCCC[C@H](NC(=O)[C@H](CC(C)C)NC(=O)[C@H](CCCCC)NC(=O)[C@H](CCCCC)NC(=O)[C@H](CCC(N)=O)NC(=O)[C@H](Cc1ccc(O)cc1)NC(=O)CNC(=O)[C@H](CCSC)NC(=O)C(C)CCCCCCCCCCCCCCCC)C(=O)N[C@@H](CO)C(=O)N[C@@H](CCSC)C(=O)N[C@H](C(=O)N[C@@H](CC(=O)O)C(C)=O)[C@@H](C)O. The highest BCUT2D eigenvalue weighted by Gasteiger charge is 2.38. The summed E-state index contributed by atoms with van der Waals surface area (Å²) in [6.45, 7) is 15.6. The number of aliphatic hydroxyl groups excluding tert-OH is 2. The van der Waals surface area contributed by atoms with E-state index in [9.17, 15) is 92.3 Å². The smallest absolute Gasteiger partial charge is 0.305 e. The predicted octanol–water partition coefficient (Wildman–Crippen LogP) is 4.11. The molecule has 1 unspecified atom stereocenters. The maximum atomic E-state index is 14.8. The van der Waals surface area contributed by atoms with Crippen LogP contribution in [0.25, 0.3) is 0 Å². The number of phenolic OH excluding ortho intramolecular Hbond substituents is 1. The predicted molar refractivity (Wildman–Crippen MR) is 465 cm³/mol. The number of carboxylic acid groups (broad SMARTS) is 1. The number of carbonyl (C=O) groups is 15. The summed E-state index contributed by atoms with van der Waals surface area (Å²) < 4.78 is 0. The molecule has 21 N–H and O–H groups in total. The Morgan fingerprint density at radius 2 is 0.800 bits per heavy atom. The van der Waals surface area contributed by atoms with Gasteiger partial charge >= 0.3 is 5.97 Å². The zero-order valence-corrected chi connectivity index (χ0v) is 74.3. The van der Waals surface area contributed by atoms with Crippen molar-refractivity contribution in [1.29, 1.82) is 0 Å². The third kappa shape index (κ3) is 48.6. The van der Waals surface area contributed by atoms with Crippen LogP contribution in [0.4, 0.5) is 0 Å². The molecule has 0 bridgehead atoms. The van der Waals surface area contributed by atoms with Gasteiger partial charge in [0.1, 0.15) is 66.2 Å². The van der Waals surface area contributed by atoms with Gasteiger partial charge in [0.15, 0.2) is 5.78 Å². The van der Waals surface area contributed by atoms with Crippen molar-refractivity contribution in [2.24, 2.45) is 23.3 Å². The summed E-state index contributed by atoms with van der Waals surface area (Å²) in [5, 5.41) is 74.4. The highest BCUT2D eigenvalue weighted by atomic mass is 32.2. The number of primary amides is 1. The molecule has 0 aliphatic carbocycles. The van der Waals surface area contributed by atoms with Gasteiger partial charge in [-0.15, -0.1) is 0 Å². The molecule has 682 valence electrons. The van der Waals surface area contributed by atoms with Gasteiger partial charge in [0.05, 0.1) is 37.5 Å². The van der Waals surface area contributed by atoms with E-state index >= 15 is 0 Å². The van der Waals surface area contributed by atoms with Crippen LogP contribution in [0.5, 0.6) is 5.75 Å². The van der Waals surface area contributed by atoms with Crippen molar-refractivity contribution in [3.63, 3.8) is 0 Å². The molecule has 0 saturated heterocycles. The van der Waals surface area contributed by atoms with Gasteiger partial charge in [-0.2, -0.15) is 23.5 Å². The molecule has 13 amide bonds. The van der Waals surface area contributed by atoms with E-state index in [0.29, 0.717) is 56.3 Å². The Hall–Kier alpha value is -8.77. The largest absolute Gasteiger partial charge is 0.508 e. The monoisotopic (exact) mass is 1730 g/mol. The van der Waals surface area contributed by atoms with Crippen LogP contribution in [0.1, 0.15) is 260 Å². The number of aliphatic carboxylic acids is 1. The summed E-state index contributed by atoms with van der Waals surface area (Å²) in [5.41, 5.74) is 11.8. The van der Waals surface area contributed by atoms with Gasteiger partial charge in [0.2, 0.25) is 76.8 Å². The van der Waals surface area contributed by atoms with Gasteiger partial charge in [-0.3, -0.25) is 71.9 Å². The Labute approximate surface area is 718 Å². The lowest BCUT2D eigenvalue weighted by Gasteiger charge is -2.29. The number of hydrogen-bond donors (Lipinski definition) is 19. The van der Waals surface area contributed by atoms with Crippen molar-refractivity contribution in [2.45, 2.75) is 333 Å². The minimum atomic E-state index is -1.79. The number of benzene rings is 1. The third-order valence-corrected chi connectivity index (χ3v) is 21.5. The van der Waals surface area contributed by atoms with Gasteiger partial charge < -0.3 is 101 Å². The average Bonchev–Trinajstić information content (AvgIpc) is 0.856. The highest BCUT2D eigenvalue weighted by Crippen LogP contribution is 2.19. The Morgan fingerprint density at radius 3 is 1.23 bits per heavy atom. The Kier molecular flexibility index (Phi) is 58.4. The topological polar surface area (TPSA) is 545 Å². The van der Waals surface area contributed by atoms with Crippen LogP contribution in [-0.2, 0) is 78.3 Å². The molecule has 0 radical (unpaired) electrons. The number of nitrogens with one attached hydrogen (secondary N) is 13. The number of nitrogens with two attached hydrogens (primary N) is 2. The fourth-order valence-electron chi connectivity index (χ4n) is 13.0. The Balaban J connectivity index is 3.58.